The van der Waals surface area contributed by atoms with Crippen molar-refractivity contribution in [3.8, 4) is 0 Å². The Kier molecular flexibility index (Phi) is 3.83. The molecule has 0 spiro atoms. The highest BCUT2D eigenvalue weighted by molar-refractivity contribution is 7.07. The number of hydrogen-bond donors (Lipinski definition) is 0. The summed E-state index contributed by atoms with van der Waals surface area (Å²) in [6.45, 7) is 2.34. The maximum Gasteiger partial charge on any atom is 0.261 e. The molecular formula is C16H14N2O2S. The summed E-state index contributed by atoms with van der Waals surface area (Å²) in [7, 11) is 0. The minimum absolute atomic E-state index is 0.0916. The van der Waals surface area contributed by atoms with Crippen molar-refractivity contribution in [3.63, 3.8) is 0 Å². The average molecular weight is 298 g/mol. The first kappa shape index (κ1) is 13.6. The molecule has 0 radical (unpaired) electrons. The third-order valence-electron chi connectivity index (χ3n) is 3.10. The molecule has 0 aliphatic heterocycles. The number of pyridine rings is 1. The predicted octanol–water partition coefficient (Wildman–Crippen LogP) is 3.89. The zero-order valence-corrected chi connectivity index (χ0v) is 12.3. The molecule has 0 fully saturated rings. The molecule has 0 saturated carbocycles. The van der Waals surface area contributed by atoms with E-state index in [1.165, 1.54) is 6.26 Å². The second-order valence-electron chi connectivity index (χ2n) is 4.68. The van der Waals surface area contributed by atoms with E-state index >= 15 is 0 Å². The van der Waals surface area contributed by atoms with Crippen LogP contribution in [-0.4, -0.2) is 10.9 Å². The Morgan fingerprint density at radius 2 is 2.33 bits per heavy atom. The molecule has 106 valence electrons. The Hall–Kier alpha value is -2.40. The number of anilines is 1. The monoisotopic (exact) mass is 298 g/mol. The summed E-state index contributed by atoms with van der Waals surface area (Å²) < 4.78 is 5.25. The van der Waals surface area contributed by atoms with Gasteiger partial charge in [0.05, 0.1) is 24.0 Å². The number of thiophene rings is 1. The van der Waals surface area contributed by atoms with Gasteiger partial charge in [-0.1, -0.05) is 0 Å². The van der Waals surface area contributed by atoms with Crippen molar-refractivity contribution >= 4 is 22.9 Å². The first-order valence-corrected chi connectivity index (χ1v) is 7.46. The van der Waals surface area contributed by atoms with E-state index < -0.39 is 0 Å². The lowest BCUT2D eigenvalue weighted by Crippen LogP contribution is -2.30. The van der Waals surface area contributed by atoms with Crippen LogP contribution in [0.2, 0.25) is 0 Å². The van der Waals surface area contributed by atoms with Crippen LogP contribution in [0.4, 0.5) is 5.69 Å². The lowest BCUT2D eigenvalue weighted by Gasteiger charge is -2.21. The number of rotatable bonds is 4. The van der Waals surface area contributed by atoms with Gasteiger partial charge in [-0.15, -0.1) is 0 Å². The lowest BCUT2D eigenvalue weighted by atomic mass is 10.2. The molecule has 21 heavy (non-hydrogen) atoms. The molecule has 0 aliphatic carbocycles. The number of carbonyl (C=O) groups is 1. The molecule has 3 aromatic rings. The van der Waals surface area contributed by atoms with Gasteiger partial charge in [-0.2, -0.15) is 11.3 Å². The Morgan fingerprint density at radius 1 is 1.43 bits per heavy atom. The van der Waals surface area contributed by atoms with Crippen LogP contribution in [0.1, 0.15) is 21.7 Å². The van der Waals surface area contributed by atoms with Gasteiger partial charge in [0.1, 0.15) is 12.0 Å². The SMILES string of the molecule is Cc1cc(C(=O)N(Cc2ccsc2)c2cccnc2)co1. The summed E-state index contributed by atoms with van der Waals surface area (Å²) in [5, 5.41) is 4.04. The molecular weight excluding hydrogens is 284 g/mol. The van der Waals surface area contributed by atoms with Crippen LogP contribution in [0.25, 0.3) is 0 Å². The van der Waals surface area contributed by atoms with Crippen molar-refractivity contribution in [1.82, 2.24) is 4.98 Å². The third kappa shape index (κ3) is 3.03. The first-order valence-electron chi connectivity index (χ1n) is 6.52. The largest absolute Gasteiger partial charge is 0.469 e. The molecule has 5 heteroatoms. The number of amides is 1. The van der Waals surface area contributed by atoms with Crippen LogP contribution in [0.5, 0.6) is 0 Å². The van der Waals surface area contributed by atoms with Crippen LogP contribution in [0, 0.1) is 6.92 Å². The minimum Gasteiger partial charge on any atom is -0.469 e. The Morgan fingerprint density at radius 3 is 2.95 bits per heavy atom. The van der Waals surface area contributed by atoms with Crippen molar-refractivity contribution in [2.24, 2.45) is 0 Å². The quantitative estimate of drug-likeness (QED) is 0.734. The standard InChI is InChI=1S/C16H14N2O2S/c1-12-7-14(10-20-12)16(19)18(9-13-4-6-21-11-13)15-3-2-5-17-8-15/h2-8,10-11H,9H2,1H3. The normalized spacial score (nSPS) is 10.5. The van der Waals surface area contributed by atoms with E-state index in [1.807, 2.05) is 35.9 Å². The van der Waals surface area contributed by atoms with E-state index in [-0.39, 0.29) is 5.91 Å². The van der Waals surface area contributed by atoms with Gasteiger partial charge in [0.2, 0.25) is 0 Å². The summed E-state index contributed by atoms with van der Waals surface area (Å²) >= 11 is 1.62. The van der Waals surface area contributed by atoms with Gasteiger partial charge in [-0.3, -0.25) is 9.78 Å². The second kappa shape index (κ2) is 5.93. The summed E-state index contributed by atoms with van der Waals surface area (Å²) in [6.07, 6.45) is 4.88. The van der Waals surface area contributed by atoms with Crippen LogP contribution < -0.4 is 4.90 Å². The first-order chi connectivity index (χ1) is 10.2. The lowest BCUT2D eigenvalue weighted by molar-refractivity contribution is 0.0984. The smallest absolute Gasteiger partial charge is 0.261 e. The average Bonchev–Trinajstić information content (AvgIpc) is 3.16. The minimum atomic E-state index is -0.0916. The summed E-state index contributed by atoms with van der Waals surface area (Å²) in [6, 6.07) is 7.47. The van der Waals surface area contributed by atoms with E-state index in [0.717, 1.165) is 17.0 Å². The van der Waals surface area contributed by atoms with E-state index in [9.17, 15) is 4.79 Å². The maximum atomic E-state index is 12.7. The molecule has 1 amide bonds. The van der Waals surface area contributed by atoms with E-state index in [0.29, 0.717) is 12.1 Å². The van der Waals surface area contributed by atoms with E-state index in [4.69, 9.17) is 4.42 Å². The molecule has 4 nitrogen and oxygen atoms in total. The van der Waals surface area contributed by atoms with E-state index in [1.54, 1.807) is 34.7 Å². The van der Waals surface area contributed by atoms with Gasteiger partial charge < -0.3 is 9.32 Å². The number of nitrogens with zero attached hydrogens (tertiary/aromatic N) is 2. The van der Waals surface area contributed by atoms with Gasteiger partial charge in [-0.05, 0) is 47.5 Å². The molecule has 0 aliphatic rings. The Bertz CT molecular complexity index is 720. The number of hydrogen-bond acceptors (Lipinski definition) is 4. The van der Waals surface area contributed by atoms with Gasteiger partial charge in [0.25, 0.3) is 5.91 Å². The highest BCUT2D eigenvalue weighted by Crippen LogP contribution is 2.21. The number of furan rings is 1. The fourth-order valence-corrected chi connectivity index (χ4v) is 2.73. The number of aryl methyl sites for hydroxylation is 1. The maximum absolute atomic E-state index is 12.7. The van der Waals surface area contributed by atoms with Crippen molar-refractivity contribution in [2.45, 2.75) is 13.5 Å². The van der Waals surface area contributed by atoms with Gasteiger partial charge in [-0.25, -0.2) is 0 Å². The fourth-order valence-electron chi connectivity index (χ4n) is 2.07. The van der Waals surface area contributed by atoms with Crippen LogP contribution >= 0.6 is 11.3 Å². The summed E-state index contributed by atoms with van der Waals surface area (Å²) in [4.78, 5) is 18.5. The Balaban J connectivity index is 1.94. The van der Waals surface area contributed by atoms with Crippen molar-refractivity contribution in [2.75, 3.05) is 4.90 Å². The predicted molar refractivity (Wildman–Crippen MR) is 82.5 cm³/mol. The Labute approximate surface area is 126 Å². The fraction of sp³-hybridized carbons (Fsp3) is 0.125. The molecule has 3 aromatic heterocycles. The molecule has 0 N–H and O–H groups in total. The van der Waals surface area contributed by atoms with Gasteiger partial charge >= 0.3 is 0 Å². The zero-order valence-electron chi connectivity index (χ0n) is 11.5. The highest BCUT2D eigenvalue weighted by Gasteiger charge is 2.20. The van der Waals surface area contributed by atoms with Crippen molar-refractivity contribution < 1.29 is 9.21 Å². The number of aromatic nitrogens is 1. The van der Waals surface area contributed by atoms with Crippen LogP contribution in [0.3, 0.4) is 0 Å². The summed E-state index contributed by atoms with van der Waals surface area (Å²) in [5.74, 6) is 0.631. The molecule has 0 saturated heterocycles. The number of carbonyl (C=O) groups excluding carboxylic acids is 1. The molecule has 0 atom stereocenters. The topological polar surface area (TPSA) is 46.3 Å². The highest BCUT2D eigenvalue weighted by atomic mass is 32.1. The van der Waals surface area contributed by atoms with Crippen LogP contribution in [0.15, 0.2) is 58.1 Å². The zero-order chi connectivity index (χ0) is 14.7. The molecule has 3 rings (SSSR count). The molecule has 0 bridgehead atoms. The summed E-state index contributed by atoms with van der Waals surface area (Å²) in [5.41, 5.74) is 2.41. The van der Waals surface area contributed by atoms with Gasteiger partial charge in [0.15, 0.2) is 0 Å². The van der Waals surface area contributed by atoms with E-state index in [2.05, 4.69) is 4.98 Å². The second-order valence-corrected chi connectivity index (χ2v) is 5.46. The van der Waals surface area contributed by atoms with Gasteiger partial charge in [0, 0.05) is 6.20 Å². The van der Waals surface area contributed by atoms with Crippen molar-refractivity contribution in [3.05, 3.63) is 70.6 Å². The van der Waals surface area contributed by atoms with Crippen molar-refractivity contribution in [1.29, 1.82) is 0 Å². The van der Waals surface area contributed by atoms with Crippen LogP contribution in [-0.2, 0) is 6.54 Å². The third-order valence-corrected chi connectivity index (χ3v) is 3.83. The molecule has 3 heterocycles. The molecule has 0 unspecified atom stereocenters. The molecule has 0 aromatic carbocycles.